The number of aliphatic hydroxyl groups excluding tert-OH is 1. The standard InChI is InChI=1S/C18H30O4/c1-5-9-20-14-12-16(21-10-6-2)18(15(19)8-4)17(13-14)22-11-7-3/h12-13,15,19H,5-11H2,1-4H3. The highest BCUT2D eigenvalue weighted by Gasteiger charge is 2.20. The van der Waals surface area contributed by atoms with Crippen molar-refractivity contribution in [2.45, 2.75) is 59.5 Å². The van der Waals surface area contributed by atoms with Crippen LogP contribution in [0.5, 0.6) is 17.2 Å². The Morgan fingerprint density at radius 1 is 0.818 bits per heavy atom. The van der Waals surface area contributed by atoms with Crippen molar-refractivity contribution in [2.24, 2.45) is 0 Å². The molecule has 0 aromatic heterocycles. The molecule has 1 aromatic rings. The van der Waals surface area contributed by atoms with Gasteiger partial charge in [0.05, 0.1) is 31.5 Å². The van der Waals surface area contributed by atoms with Crippen LogP contribution in [0.4, 0.5) is 0 Å². The van der Waals surface area contributed by atoms with E-state index in [1.165, 1.54) is 0 Å². The van der Waals surface area contributed by atoms with E-state index in [0.717, 1.165) is 30.6 Å². The van der Waals surface area contributed by atoms with Gasteiger partial charge >= 0.3 is 0 Å². The first-order chi connectivity index (χ1) is 10.7. The smallest absolute Gasteiger partial charge is 0.132 e. The summed E-state index contributed by atoms with van der Waals surface area (Å²) in [6.45, 7) is 9.99. The van der Waals surface area contributed by atoms with E-state index >= 15 is 0 Å². The van der Waals surface area contributed by atoms with Crippen LogP contribution in [0.1, 0.15) is 65.0 Å². The maximum atomic E-state index is 10.4. The minimum Gasteiger partial charge on any atom is -0.493 e. The zero-order valence-corrected chi connectivity index (χ0v) is 14.4. The lowest BCUT2D eigenvalue weighted by Gasteiger charge is -2.21. The van der Waals surface area contributed by atoms with Gasteiger partial charge < -0.3 is 19.3 Å². The maximum Gasteiger partial charge on any atom is 0.132 e. The van der Waals surface area contributed by atoms with Crippen LogP contribution in [0.15, 0.2) is 12.1 Å². The molecule has 1 unspecified atom stereocenters. The quantitative estimate of drug-likeness (QED) is 0.654. The lowest BCUT2D eigenvalue weighted by atomic mass is 10.0. The van der Waals surface area contributed by atoms with E-state index in [1.807, 2.05) is 19.1 Å². The monoisotopic (exact) mass is 310 g/mol. The van der Waals surface area contributed by atoms with Crippen LogP contribution in [0.25, 0.3) is 0 Å². The molecule has 126 valence electrons. The number of ether oxygens (including phenoxy) is 3. The zero-order chi connectivity index (χ0) is 16.4. The average molecular weight is 310 g/mol. The van der Waals surface area contributed by atoms with Gasteiger partial charge in [0.2, 0.25) is 0 Å². The summed E-state index contributed by atoms with van der Waals surface area (Å²) in [6, 6.07) is 3.72. The van der Waals surface area contributed by atoms with Crippen molar-refractivity contribution >= 4 is 0 Å². The number of hydrogen-bond donors (Lipinski definition) is 1. The Kier molecular flexibility index (Phi) is 8.75. The van der Waals surface area contributed by atoms with Crippen LogP contribution in [0, 0.1) is 0 Å². The van der Waals surface area contributed by atoms with Crippen molar-refractivity contribution in [3.63, 3.8) is 0 Å². The van der Waals surface area contributed by atoms with Crippen molar-refractivity contribution in [1.82, 2.24) is 0 Å². The molecule has 0 aliphatic rings. The van der Waals surface area contributed by atoms with Gasteiger partial charge in [-0.1, -0.05) is 27.7 Å². The molecule has 0 fully saturated rings. The third kappa shape index (κ3) is 5.41. The van der Waals surface area contributed by atoms with Crippen molar-refractivity contribution in [3.8, 4) is 17.2 Å². The van der Waals surface area contributed by atoms with E-state index in [4.69, 9.17) is 14.2 Å². The van der Waals surface area contributed by atoms with Gasteiger partial charge in [-0.15, -0.1) is 0 Å². The molecular weight excluding hydrogens is 280 g/mol. The number of rotatable bonds is 11. The third-order valence-electron chi connectivity index (χ3n) is 3.19. The molecule has 22 heavy (non-hydrogen) atoms. The van der Waals surface area contributed by atoms with Gasteiger partial charge in [-0.2, -0.15) is 0 Å². The molecule has 0 spiro atoms. The molecular formula is C18H30O4. The molecule has 0 bridgehead atoms. The summed E-state index contributed by atoms with van der Waals surface area (Å²) in [5.41, 5.74) is 0.730. The fraction of sp³-hybridized carbons (Fsp3) is 0.667. The molecule has 1 aromatic carbocycles. The van der Waals surface area contributed by atoms with E-state index in [0.29, 0.717) is 37.7 Å². The molecule has 1 atom stereocenters. The molecule has 0 heterocycles. The predicted octanol–water partition coefficient (Wildman–Crippen LogP) is 4.50. The van der Waals surface area contributed by atoms with Crippen LogP contribution in [0.2, 0.25) is 0 Å². The van der Waals surface area contributed by atoms with E-state index in [-0.39, 0.29) is 0 Å². The second-order valence-electron chi connectivity index (χ2n) is 5.30. The first kappa shape index (κ1) is 18.6. The van der Waals surface area contributed by atoms with Gasteiger partial charge in [-0.3, -0.25) is 0 Å². The van der Waals surface area contributed by atoms with Crippen molar-refractivity contribution < 1.29 is 19.3 Å². The Hall–Kier alpha value is -1.42. The van der Waals surface area contributed by atoms with Gasteiger partial charge in [0.1, 0.15) is 17.2 Å². The number of aliphatic hydroxyl groups is 1. The summed E-state index contributed by atoms with van der Waals surface area (Å²) in [4.78, 5) is 0. The van der Waals surface area contributed by atoms with Crippen LogP contribution < -0.4 is 14.2 Å². The van der Waals surface area contributed by atoms with E-state index in [2.05, 4.69) is 20.8 Å². The largest absolute Gasteiger partial charge is 0.493 e. The molecule has 0 amide bonds. The maximum absolute atomic E-state index is 10.4. The van der Waals surface area contributed by atoms with E-state index < -0.39 is 6.10 Å². The van der Waals surface area contributed by atoms with Crippen molar-refractivity contribution in [1.29, 1.82) is 0 Å². The topological polar surface area (TPSA) is 47.9 Å². The molecule has 4 heteroatoms. The summed E-state index contributed by atoms with van der Waals surface area (Å²) < 4.78 is 17.4. The van der Waals surface area contributed by atoms with Gasteiger partial charge in [0.25, 0.3) is 0 Å². The van der Waals surface area contributed by atoms with Crippen LogP contribution >= 0.6 is 0 Å². The molecule has 4 nitrogen and oxygen atoms in total. The lowest BCUT2D eigenvalue weighted by Crippen LogP contribution is -2.08. The SMILES string of the molecule is CCCOc1cc(OCCC)c(C(O)CC)c(OCCC)c1. The molecule has 0 aliphatic heterocycles. The third-order valence-corrected chi connectivity index (χ3v) is 3.19. The zero-order valence-electron chi connectivity index (χ0n) is 14.4. The summed E-state index contributed by atoms with van der Waals surface area (Å²) in [6.07, 6.45) is 2.77. The first-order valence-electron chi connectivity index (χ1n) is 8.42. The lowest BCUT2D eigenvalue weighted by molar-refractivity contribution is 0.159. The van der Waals surface area contributed by atoms with Gasteiger partial charge in [0, 0.05) is 12.1 Å². The number of benzene rings is 1. The van der Waals surface area contributed by atoms with E-state index in [1.54, 1.807) is 0 Å². The highest BCUT2D eigenvalue weighted by Crippen LogP contribution is 2.40. The summed E-state index contributed by atoms with van der Waals surface area (Å²) in [5, 5.41) is 10.4. The average Bonchev–Trinajstić information content (AvgIpc) is 2.55. The highest BCUT2D eigenvalue weighted by atomic mass is 16.5. The second kappa shape index (κ2) is 10.3. The molecule has 1 rings (SSSR count). The second-order valence-corrected chi connectivity index (χ2v) is 5.30. The first-order valence-corrected chi connectivity index (χ1v) is 8.42. The molecule has 0 saturated carbocycles. The van der Waals surface area contributed by atoms with Gasteiger partial charge in [0.15, 0.2) is 0 Å². The fourth-order valence-corrected chi connectivity index (χ4v) is 2.08. The van der Waals surface area contributed by atoms with Crippen LogP contribution in [-0.4, -0.2) is 24.9 Å². The van der Waals surface area contributed by atoms with Crippen LogP contribution in [0.3, 0.4) is 0 Å². The minimum atomic E-state index is -0.598. The summed E-state index contributed by atoms with van der Waals surface area (Å²) in [5.74, 6) is 2.05. The molecule has 0 radical (unpaired) electrons. The normalized spacial score (nSPS) is 12.0. The Balaban J connectivity index is 3.19. The summed E-state index contributed by atoms with van der Waals surface area (Å²) in [7, 11) is 0. The highest BCUT2D eigenvalue weighted by molar-refractivity contribution is 5.52. The Morgan fingerprint density at radius 3 is 1.68 bits per heavy atom. The van der Waals surface area contributed by atoms with Crippen LogP contribution in [-0.2, 0) is 0 Å². The van der Waals surface area contributed by atoms with Crippen molar-refractivity contribution in [2.75, 3.05) is 19.8 Å². The molecule has 0 saturated heterocycles. The number of hydrogen-bond acceptors (Lipinski definition) is 4. The Labute approximate surface area is 134 Å². The van der Waals surface area contributed by atoms with Gasteiger partial charge in [-0.05, 0) is 25.7 Å². The summed E-state index contributed by atoms with van der Waals surface area (Å²) >= 11 is 0. The Morgan fingerprint density at radius 2 is 1.27 bits per heavy atom. The van der Waals surface area contributed by atoms with E-state index in [9.17, 15) is 5.11 Å². The predicted molar refractivity (Wildman–Crippen MR) is 89.1 cm³/mol. The fourth-order valence-electron chi connectivity index (χ4n) is 2.08. The van der Waals surface area contributed by atoms with Crippen molar-refractivity contribution in [3.05, 3.63) is 17.7 Å². The molecule has 0 aliphatic carbocycles. The molecule has 1 N–H and O–H groups in total. The van der Waals surface area contributed by atoms with Gasteiger partial charge in [-0.25, -0.2) is 0 Å². The minimum absolute atomic E-state index is 0.598. The Bertz CT molecular complexity index is 402.